The number of nitrogens with zero attached hydrogens (tertiary/aromatic N) is 1. The predicted molar refractivity (Wildman–Crippen MR) is 84.2 cm³/mol. The van der Waals surface area contributed by atoms with Crippen LogP contribution in [0.5, 0.6) is 0 Å². The van der Waals surface area contributed by atoms with Gasteiger partial charge in [-0.15, -0.1) is 11.8 Å². The molecule has 0 aliphatic carbocycles. The second-order valence-corrected chi connectivity index (χ2v) is 5.82. The van der Waals surface area contributed by atoms with Crippen LogP contribution >= 0.6 is 11.8 Å². The summed E-state index contributed by atoms with van der Waals surface area (Å²) in [4.78, 5) is 3.86. The van der Waals surface area contributed by atoms with Crippen LogP contribution in [0.4, 0.5) is 11.4 Å². The van der Waals surface area contributed by atoms with Gasteiger partial charge in [0.05, 0.1) is 5.69 Å². The Morgan fingerprint density at radius 3 is 2.79 bits per heavy atom. The van der Waals surface area contributed by atoms with Gasteiger partial charge in [-0.25, -0.2) is 0 Å². The number of hydrogen-bond donors (Lipinski definition) is 1. The Hall–Kier alpha value is -1.61. The van der Waals surface area contributed by atoms with Crippen molar-refractivity contribution in [2.75, 3.05) is 29.6 Å². The molecule has 0 aromatic heterocycles. The maximum Gasteiger partial charge on any atom is 0.0528 e. The molecule has 2 aromatic rings. The normalized spacial score (nSPS) is 14.1. The number of fused-ring (bicyclic) bond motifs is 1. The van der Waals surface area contributed by atoms with E-state index in [1.807, 2.05) is 18.8 Å². The quantitative estimate of drug-likeness (QED) is 0.912. The lowest BCUT2D eigenvalue weighted by atomic mass is 10.2. The molecule has 1 heterocycles. The van der Waals surface area contributed by atoms with E-state index in [2.05, 4.69) is 58.7 Å². The third kappa shape index (κ3) is 2.71. The van der Waals surface area contributed by atoms with Crippen molar-refractivity contribution in [1.82, 2.24) is 0 Å². The maximum absolute atomic E-state index is 3.23. The van der Waals surface area contributed by atoms with Crippen LogP contribution < -0.4 is 10.2 Å². The van der Waals surface area contributed by atoms with Gasteiger partial charge in [-0.2, -0.15) is 0 Å². The summed E-state index contributed by atoms with van der Waals surface area (Å²) in [6, 6.07) is 17.3. The zero-order chi connectivity index (χ0) is 13.1. The molecule has 1 N–H and O–H groups in total. The lowest BCUT2D eigenvalue weighted by molar-refractivity contribution is 0.817. The van der Waals surface area contributed by atoms with E-state index in [4.69, 9.17) is 0 Å². The minimum atomic E-state index is 0.988. The van der Waals surface area contributed by atoms with Crippen molar-refractivity contribution in [2.24, 2.45) is 0 Å². The van der Waals surface area contributed by atoms with E-state index >= 15 is 0 Å². The van der Waals surface area contributed by atoms with Crippen LogP contribution in [-0.4, -0.2) is 19.3 Å². The average molecular weight is 270 g/mol. The molecule has 0 spiro atoms. The molecule has 0 bridgehead atoms. The first-order valence-electron chi connectivity index (χ1n) is 6.60. The first-order chi connectivity index (χ1) is 9.36. The van der Waals surface area contributed by atoms with Crippen molar-refractivity contribution < 1.29 is 0 Å². The molecule has 2 nitrogen and oxygen atoms in total. The van der Waals surface area contributed by atoms with E-state index < -0.39 is 0 Å². The molecular formula is C16H18N2S. The van der Waals surface area contributed by atoms with E-state index in [9.17, 15) is 0 Å². The fourth-order valence-electron chi connectivity index (χ4n) is 2.40. The van der Waals surface area contributed by atoms with Crippen molar-refractivity contribution in [3.8, 4) is 0 Å². The van der Waals surface area contributed by atoms with Gasteiger partial charge in [-0.1, -0.05) is 30.3 Å². The van der Waals surface area contributed by atoms with Crippen LogP contribution in [0.3, 0.4) is 0 Å². The monoisotopic (exact) mass is 270 g/mol. The lowest BCUT2D eigenvalue weighted by Crippen LogP contribution is -2.28. The number of benzene rings is 2. The molecule has 98 valence electrons. The van der Waals surface area contributed by atoms with Gasteiger partial charge in [0.2, 0.25) is 0 Å². The van der Waals surface area contributed by atoms with Crippen molar-refractivity contribution in [1.29, 1.82) is 0 Å². The second kappa shape index (κ2) is 5.57. The van der Waals surface area contributed by atoms with Crippen LogP contribution in [0.2, 0.25) is 0 Å². The van der Waals surface area contributed by atoms with Crippen LogP contribution in [0.1, 0.15) is 5.56 Å². The molecule has 0 radical (unpaired) electrons. The van der Waals surface area contributed by atoms with Gasteiger partial charge in [0, 0.05) is 36.5 Å². The number of hydrogen-bond acceptors (Lipinski definition) is 3. The molecule has 0 atom stereocenters. The van der Waals surface area contributed by atoms with E-state index in [0.29, 0.717) is 0 Å². The number of anilines is 2. The molecule has 19 heavy (non-hydrogen) atoms. The molecule has 0 saturated carbocycles. The van der Waals surface area contributed by atoms with Gasteiger partial charge in [0.15, 0.2) is 0 Å². The van der Waals surface area contributed by atoms with Gasteiger partial charge < -0.3 is 10.2 Å². The Morgan fingerprint density at radius 2 is 2.00 bits per heavy atom. The Labute approximate surface area is 118 Å². The molecule has 1 aliphatic rings. The molecular weight excluding hydrogens is 252 g/mol. The number of rotatable bonds is 3. The van der Waals surface area contributed by atoms with Crippen LogP contribution in [0, 0.1) is 0 Å². The Bertz CT molecular complexity index is 554. The van der Waals surface area contributed by atoms with Crippen LogP contribution in [0.15, 0.2) is 53.4 Å². The maximum atomic E-state index is 3.23. The van der Waals surface area contributed by atoms with Gasteiger partial charge in [-0.05, 0) is 23.8 Å². The van der Waals surface area contributed by atoms with E-state index in [-0.39, 0.29) is 0 Å². The molecule has 0 unspecified atom stereocenters. The fourth-order valence-corrected chi connectivity index (χ4v) is 3.43. The first kappa shape index (κ1) is 12.4. The zero-order valence-corrected chi connectivity index (χ0v) is 11.9. The summed E-state index contributed by atoms with van der Waals surface area (Å²) in [7, 11) is 1.97. The van der Waals surface area contributed by atoms with Gasteiger partial charge in [-0.3, -0.25) is 0 Å². The van der Waals surface area contributed by atoms with E-state index in [1.54, 1.807) is 0 Å². The summed E-state index contributed by atoms with van der Waals surface area (Å²) in [6.07, 6.45) is 0. The van der Waals surface area contributed by atoms with Gasteiger partial charge in [0.25, 0.3) is 0 Å². The molecule has 0 saturated heterocycles. The second-order valence-electron chi connectivity index (χ2n) is 4.69. The minimum Gasteiger partial charge on any atom is -0.388 e. The first-order valence-corrected chi connectivity index (χ1v) is 7.59. The molecule has 3 rings (SSSR count). The summed E-state index contributed by atoms with van der Waals surface area (Å²) in [5, 5.41) is 3.23. The lowest BCUT2D eigenvalue weighted by Gasteiger charge is -2.31. The Kier molecular flexibility index (Phi) is 3.65. The number of thioether (sulfide) groups is 1. The smallest absolute Gasteiger partial charge is 0.0528 e. The summed E-state index contributed by atoms with van der Waals surface area (Å²) >= 11 is 1.95. The van der Waals surface area contributed by atoms with Crippen molar-refractivity contribution in [2.45, 2.75) is 11.4 Å². The highest BCUT2D eigenvalue weighted by Crippen LogP contribution is 2.37. The molecule has 2 aromatic carbocycles. The highest BCUT2D eigenvalue weighted by molar-refractivity contribution is 7.99. The third-order valence-corrected chi connectivity index (χ3v) is 4.47. The van der Waals surface area contributed by atoms with Gasteiger partial charge >= 0.3 is 0 Å². The highest BCUT2D eigenvalue weighted by atomic mass is 32.2. The molecule has 0 amide bonds. The van der Waals surface area contributed by atoms with Crippen molar-refractivity contribution in [3.05, 3.63) is 54.1 Å². The fraction of sp³-hybridized carbons (Fsp3) is 0.250. The predicted octanol–water partition coefficient (Wildman–Crippen LogP) is 3.84. The number of nitrogens with one attached hydrogen (secondary N) is 1. The van der Waals surface area contributed by atoms with E-state index in [1.165, 1.54) is 27.6 Å². The Morgan fingerprint density at radius 1 is 1.16 bits per heavy atom. The summed E-state index contributed by atoms with van der Waals surface area (Å²) < 4.78 is 0. The van der Waals surface area contributed by atoms with E-state index in [0.717, 1.165) is 13.1 Å². The zero-order valence-electron chi connectivity index (χ0n) is 11.1. The topological polar surface area (TPSA) is 15.3 Å². The average Bonchev–Trinajstić information content (AvgIpc) is 2.48. The van der Waals surface area contributed by atoms with Crippen LogP contribution in [0.25, 0.3) is 0 Å². The van der Waals surface area contributed by atoms with Crippen molar-refractivity contribution >= 4 is 23.1 Å². The third-order valence-electron chi connectivity index (χ3n) is 3.42. The molecule has 1 aliphatic heterocycles. The molecule has 0 fully saturated rings. The van der Waals surface area contributed by atoms with Crippen LogP contribution in [-0.2, 0) is 6.54 Å². The van der Waals surface area contributed by atoms with Crippen molar-refractivity contribution in [3.63, 3.8) is 0 Å². The summed E-state index contributed by atoms with van der Waals surface area (Å²) in [5.41, 5.74) is 3.90. The largest absolute Gasteiger partial charge is 0.388 e. The minimum absolute atomic E-state index is 0.988. The standard InChI is InChI=1S/C16H18N2S/c1-17-14-7-8-16-15(11-14)18(9-10-19-16)12-13-5-3-2-4-6-13/h2-8,11,17H,9-10,12H2,1H3. The molecule has 3 heteroatoms. The Balaban J connectivity index is 1.89. The SMILES string of the molecule is CNc1ccc2c(c1)N(Cc1ccccc1)CCS2. The summed E-state index contributed by atoms with van der Waals surface area (Å²) in [5.74, 6) is 1.17. The highest BCUT2D eigenvalue weighted by Gasteiger charge is 2.17. The van der Waals surface area contributed by atoms with Gasteiger partial charge in [0.1, 0.15) is 0 Å². The summed E-state index contributed by atoms with van der Waals surface area (Å²) in [6.45, 7) is 2.10.